The zero-order valence-electron chi connectivity index (χ0n) is 43.8. The van der Waals surface area contributed by atoms with Crippen molar-refractivity contribution in [2.45, 2.75) is 66.2 Å². The van der Waals surface area contributed by atoms with Crippen LogP contribution in [0.2, 0.25) is 20.1 Å². The number of fused-ring (bicyclic) bond motifs is 2. The maximum Gasteiger partial charge on any atom is 0.252 e. The maximum absolute atomic E-state index is 13.3. The number of amides is 1. The SMILES string of the molecule is CN1Cc2c(Cl)cc(Cl)cc2C(c2cccc(S(=O)(=O)CCCOCCOCCOCCCC(=O)[C@@H](O)[C@H](O)C(=O)NCCOCCOCCOCCNS(=O)(=O)c3cccc(C4CN(C)Cc5c(Cl)cc(Cl)cc54)c3)c2)C1. The van der Waals surface area contributed by atoms with Gasteiger partial charge < -0.3 is 53.8 Å². The lowest BCUT2D eigenvalue weighted by molar-refractivity contribution is -0.145. The number of hydrogen-bond acceptors (Lipinski definition) is 16. The van der Waals surface area contributed by atoms with E-state index in [1.165, 1.54) is 0 Å². The number of carbonyl (C=O) groups excluding carboxylic acids is 2. The van der Waals surface area contributed by atoms with Gasteiger partial charge in [-0.3, -0.25) is 9.59 Å². The van der Waals surface area contributed by atoms with Gasteiger partial charge in [0.25, 0.3) is 5.91 Å². The van der Waals surface area contributed by atoms with E-state index in [1.54, 1.807) is 48.5 Å². The van der Waals surface area contributed by atoms with E-state index in [0.717, 1.165) is 33.4 Å². The first-order chi connectivity index (χ1) is 37.3. The minimum atomic E-state index is -3.82. The summed E-state index contributed by atoms with van der Waals surface area (Å²) in [7, 11) is -3.39. The molecule has 24 heteroatoms. The van der Waals surface area contributed by atoms with Crippen LogP contribution in [0, 0.1) is 0 Å². The third-order valence-electron chi connectivity index (χ3n) is 13.1. The van der Waals surface area contributed by atoms with E-state index in [1.807, 2.05) is 38.4 Å². The zero-order valence-corrected chi connectivity index (χ0v) is 48.5. The first-order valence-corrected chi connectivity index (χ1v) is 30.4. The predicted octanol–water partition coefficient (Wildman–Crippen LogP) is 5.88. The second kappa shape index (κ2) is 31.7. The molecule has 4 aromatic carbocycles. The highest BCUT2D eigenvalue weighted by atomic mass is 35.5. The number of halogens is 4. The van der Waals surface area contributed by atoms with E-state index in [2.05, 4.69) is 19.8 Å². The van der Waals surface area contributed by atoms with Gasteiger partial charge in [-0.25, -0.2) is 21.6 Å². The molecular formula is C54H70Cl4N4O14S2. The van der Waals surface area contributed by atoms with Gasteiger partial charge >= 0.3 is 0 Å². The van der Waals surface area contributed by atoms with Crippen molar-refractivity contribution in [2.75, 3.05) is 125 Å². The molecule has 78 heavy (non-hydrogen) atoms. The normalized spacial score (nSPS) is 16.9. The molecule has 0 spiro atoms. The monoisotopic (exact) mass is 1200 g/mol. The number of ether oxygens (including phenoxy) is 6. The van der Waals surface area contributed by atoms with Crippen molar-refractivity contribution in [3.63, 3.8) is 0 Å². The molecule has 6 rings (SSSR count). The van der Waals surface area contributed by atoms with Gasteiger partial charge in [-0.2, -0.15) is 0 Å². The second-order valence-electron chi connectivity index (χ2n) is 19.0. The number of likely N-dealkylation sites (N-methyl/N-ethyl adjacent to an activating group) is 2. The fourth-order valence-electron chi connectivity index (χ4n) is 9.14. The Hall–Kier alpha value is -3.36. The van der Waals surface area contributed by atoms with Crippen LogP contribution in [0.5, 0.6) is 0 Å². The van der Waals surface area contributed by atoms with Crippen LogP contribution in [0.1, 0.15) is 64.5 Å². The molecule has 0 saturated carbocycles. The summed E-state index contributed by atoms with van der Waals surface area (Å²) in [6.45, 7) is 5.32. The van der Waals surface area contributed by atoms with Crippen molar-refractivity contribution in [1.29, 1.82) is 0 Å². The van der Waals surface area contributed by atoms with Gasteiger partial charge in [0, 0.05) is 90.8 Å². The molecule has 0 aromatic heterocycles. The fraction of sp³-hybridized carbons (Fsp3) is 0.519. The van der Waals surface area contributed by atoms with Gasteiger partial charge in [-0.05, 0) is 109 Å². The van der Waals surface area contributed by atoms with Crippen molar-refractivity contribution in [2.24, 2.45) is 0 Å². The number of hydrogen-bond donors (Lipinski definition) is 4. The lowest BCUT2D eigenvalue weighted by Gasteiger charge is -2.33. The third kappa shape index (κ3) is 19.4. The molecule has 0 aliphatic carbocycles. The first-order valence-electron chi connectivity index (χ1n) is 25.7. The van der Waals surface area contributed by atoms with E-state index in [0.29, 0.717) is 52.7 Å². The Bertz CT molecular complexity index is 2650. The molecule has 18 nitrogen and oxygen atoms in total. The Kier molecular flexibility index (Phi) is 26.0. The Morgan fingerprint density at radius 1 is 0.590 bits per heavy atom. The summed E-state index contributed by atoms with van der Waals surface area (Å²) in [5.41, 5.74) is 5.67. The zero-order chi connectivity index (χ0) is 56.2. The number of rotatable bonds is 34. The third-order valence-corrected chi connectivity index (χ3v) is 17.4. The molecule has 2 aliphatic rings. The highest BCUT2D eigenvalue weighted by Crippen LogP contribution is 2.40. The standard InChI is InChI=1S/C54H70Cl4N4O14S2/c1-61-33-45(43-29-39(55)31-49(57)47(43)35-61)37-7-3-9-41(27-37)77(67,68)26-6-15-72-19-23-75-22-18-71-14-5-11-51(63)52(64)53(65)54(66)59-12-16-73-20-24-76-25-21-74-17-13-60-78(69,70)42-10-4-8-38(28-42)46-34-62(2)36-48-44(46)30-40(56)32-50(48)58/h3-4,7-10,27-32,45-46,52-53,60,64-65H,5-6,11-26,33-36H2,1-2H3,(H,59,66)/t45?,46?,52-,53+/m1/s1. The smallest absolute Gasteiger partial charge is 0.252 e. The van der Waals surface area contributed by atoms with Crippen LogP contribution in [0.15, 0.2) is 82.6 Å². The summed E-state index contributed by atoms with van der Waals surface area (Å²) in [5.74, 6) is -1.90. The summed E-state index contributed by atoms with van der Waals surface area (Å²) in [5, 5.41) is 25.1. The number of sulfonamides is 1. The molecule has 0 saturated heterocycles. The predicted molar refractivity (Wildman–Crippen MR) is 298 cm³/mol. The summed E-state index contributed by atoms with van der Waals surface area (Å²) in [4.78, 5) is 29.4. The number of ketones is 1. The molecule has 1 amide bonds. The summed E-state index contributed by atoms with van der Waals surface area (Å²) in [6.07, 6.45) is -3.43. The molecule has 430 valence electrons. The quantitative estimate of drug-likeness (QED) is 0.0400. The van der Waals surface area contributed by atoms with Crippen molar-refractivity contribution in [3.8, 4) is 0 Å². The Morgan fingerprint density at radius 2 is 1.04 bits per heavy atom. The number of Topliss-reactive ketones (excluding diaryl/α,β-unsaturated/α-hetero) is 1. The largest absolute Gasteiger partial charge is 0.382 e. The van der Waals surface area contributed by atoms with Crippen molar-refractivity contribution >= 4 is 78.0 Å². The van der Waals surface area contributed by atoms with Crippen LogP contribution in [-0.2, 0) is 71.0 Å². The second-order valence-corrected chi connectivity index (χ2v) is 24.6. The van der Waals surface area contributed by atoms with Gasteiger partial charge in [-0.15, -0.1) is 0 Å². The molecular weight excluding hydrogens is 1130 g/mol. The van der Waals surface area contributed by atoms with Crippen LogP contribution in [0.4, 0.5) is 0 Å². The van der Waals surface area contributed by atoms with Gasteiger partial charge in [0.05, 0.1) is 81.6 Å². The number of sulfone groups is 1. The van der Waals surface area contributed by atoms with Crippen LogP contribution in [0.3, 0.4) is 0 Å². The van der Waals surface area contributed by atoms with Crippen molar-refractivity contribution in [3.05, 3.63) is 126 Å². The lowest BCUT2D eigenvalue weighted by Crippen LogP contribution is -2.46. The van der Waals surface area contributed by atoms with E-state index in [4.69, 9.17) is 74.8 Å². The van der Waals surface area contributed by atoms with Gasteiger partial charge in [0.2, 0.25) is 10.0 Å². The highest BCUT2D eigenvalue weighted by molar-refractivity contribution is 7.91. The molecule has 2 aliphatic heterocycles. The minimum absolute atomic E-state index is 0.0151. The van der Waals surface area contributed by atoms with Gasteiger partial charge in [0.1, 0.15) is 6.10 Å². The molecule has 0 fully saturated rings. The van der Waals surface area contributed by atoms with Crippen LogP contribution >= 0.6 is 46.4 Å². The lowest BCUT2D eigenvalue weighted by atomic mass is 9.85. The average molecular weight is 1210 g/mol. The van der Waals surface area contributed by atoms with E-state index >= 15 is 0 Å². The number of nitrogens with one attached hydrogen (secondary N) is 2. The topological polar surface area (TPSA) is 229 Å². The molecule has 4 aromatic rings. The van der Waals surface area contributed by atoms with Gasteiger partial charge in [0.15, 0.2) is 21.7 Å². The molecule has 0 radical (unpaired) electrons. The molecule has 2 heterocycles. The number of carbonyl (C=O) groups is 2. The van der Waals surface area contributed by atoms with Crippen LogP contribution in [0.25, 0.3) is 0 Å². The van der Waals surface area contributed by atoms with Gasteiger partial charge in [-0.1, -0.05) is 70.7 Å². The molecule has 2 unspecified atom stereocenters. The van der Waals surface area contributed by atoms with Crippen molar-refractivity contribution in [1.82, 2.24) is 19.8 Å². The highest BCUT2D eigenvalue weighted by Gasteiger charge is 2.31. The maximum atomic E-state index is 13.3. The summed E-state index contributed by atoms with van der Waals surface area (Å²) >= 11 is 25.7. The van der Waals surface area contributed by atoms with Crippen molar-refractivity contribution < 1.29 is 65.1 Å². The summed E-state index contributed by atoms with van der Waals surface area (Å²) < 4.78 is 88.3. The Labute approximate surface area is 477 Å². The van der Waals surface area contributed by atoms with E-state index in [-0.39, 0.29) is 133 Å². The Morgan fingerprint density at radius 3 is 1.56 bits per heavy atom. The summed E-state index contributed by atoms with van der Waals surface area (Å²) in [6, 6.07) is 21.1. The van der Waals surface area contributed by atoms with Crippen LogP contribution in [-0.4, -0.2) is 186 Å². The number of aliphatic hydroxyl groups is 2. The minimum Gasteiger partial charge on any atom is -0.382 e. The Balaban J connectivity index is 0.717. The fourth-order valence-corrected chi connectivity index (χ4v) is 12.7. The number of aliphatic hydroxyl groups excluding tert-OH is 2. The molecule has 0 bridgehead atoms. The average Bonchev–Trinajstić information content (AvgIpc) is 3.50. The van der Waals surface area contributed by atoms with E-state index in [9.17, 15) is 36.6 Å². The number of benzene rings is 4. The van der Waals surface area contributed by atoms with Crippen LogP contribution < -0.4 is 10.0 Å². The molecule has 4 atom stereocenters. The first kappa shape index (κ1) is 63.8. The number of nitrogens with zero attached hydrogens (tertiary/aromatic N) is 2. The van der Waals surface area contributed by atoms with E-state index < -0.39 is 43.8 Å². The molecule has 4 N–H and O–H groups in total.